The van der Waals surface area contributed by atoms with Crippen LogP contribution < -0.4 is 5.32 Å². The van der Waals surface area contributed by atoms with Gasteiger partial charge in [0.15, 0.2) is 0 Å². The Hall–Kier alpha value is -1.02. The molecule has 0 aliphatic heterocycles. The second-order valence-electron chi connectivity index (χ2n) is 6.52. The number of ether oxygens (including phenoxy) is 4. The van der Waals surface area contributed by atoms with Gasteiger partial charge in [-0.05, 0) is 25.7 Å². The predicted octanol–water partition coefficient (Wildman–Crippen LogP) is 1.73. The molecular weight excluding hydrogens is 338 g/mol. The number of amides is 1. The Bertz CT molecular complexity index is 382. The fraction of sp³-hybridized carbons (Fsp3) is 0.895. The Morgan fingerprint density at radius 2 is 1.38 bits per heavy atom. The molecule has 7 heteroatoms. The van der Waals surface area contributed by atoms with Crippen molar-refractivity contribution in [2.75, 3.05) is 53.4 Å². The van der Waals surface area contributed by atoms with E-state index in [1.165, 1.54) is 0 Å². The number of carbonyl (C=O) groups is 2. The van der Waals surface area contributed by atoms with Gasteiger partial charge in [-0.1, -0.05) is 6.92 Å². The number of hydrogen-bond donors (Lipinski definition) is 1. The molecule has 0 atom stereocenters. The first-order valence-corrected chi connectivity index (χ1v) is 9.71. The molecule has 0 heterocycles. The van der Waals surface area contributed by atoms with E-state index in [1.54, 1.807) is 7.11 Å². The van der Waals surface area contributed by atoms with Crippen molar-refractivity contribution in [3.63, 3.8) is 0 Å². The van der Waals surface area contributed by atoms with Crippen molar-refractivity contribution in [3.8, 4) is 0 Å². The lowest BCUT2D eigenvalue weighted by Gasteiger charge is -2.28. The second-order valence-corrected chi connectivity index (χ2v) is 6.52. The molecule has 1 aliphatic rings. The molecule has 0 unspecified atom stereocenters. The van der Waals surface area contributed by atoms with Crippen molar-refractivity contribution in [2.45, 2.75) is 51.5 Å². The summed E-state index contributed by atoms with van der Waals surface area (Å²) in [5.41, 5.74) is 0. The third-order valence-corrected chi connectivity index (χ3v) is 4.55. The summed E-state index contributed by atoms with van der Waals surface area (Å²) in [5.74, 6) is 0.566. The molecule has 0 aromatic heterocycles. The van der Waals surface area contributed by atoms with Crippen molar-refractivity contribution in [1.29, 1.82) is 0 Å². The summed E-state index contributed by atoms with van der Waals surface area (Å²) < 4.78 is 20.9. The molecule has 1 aliphatic carbocycles. The van der Waals surface area contributed by atoms with Crippen LogP contribution >= 0.6 is 0 Å². The van der Waals surface area contributed by atoms with Crippen molar-refractivity contribution in [2.24, 2.45) is 5.92 Å². The lowest BCUT2D eigenvalue weighted by Crippen LogP contribution is -2.39. The Morgan fingerprint density at radius 3 is 1.92 bits per heavy atom. The Balaban J connectivity index is 1.91. The van der Waals surface area contributed by atoms with E-state index in [-0.39, 0.29) is 17.9 Å². The molecule has 1 N–H and O–H groups in total. The quantitative estimate of drug-likeness (QED) is 0.440. The first kappa shape index (κ1) is 23.0. The van der Waals surface area contributed by atoms with Crippen LogP contribution in [0.1, 0.15) is 45.4 Å². The summed E-state index contributed by atoms with van der Waals surface area (Å²) in [4.78, 5) is 23.6. The molecule has 152 valence electrons. The molecular formula is C19H35NO6. The largest absolute Gasteiger partial charge is 0.382 e. The van der Waals surface area contributed by atoms with E-state index in [1.807, 2.05) is 6.92 Å². The van der Waals surface area contributed by atoms with Crippen molar-refractivity contribution >= 4 is 11.7 Å². The topological polar surface area (TPSA) is 83.1 Å². The lowest BCUT2D eigenvalue weighted by atomic mass is 9.83. The van der Waals surface area contributed by atoms with E-state index in [0.29, 0.717) is 64.9 Å². The fourth-order valence-corrected chi connectivity index (χ4v) is 3.00. The van der Waals surface area contributed by atoms with Gasteiger partial charge in [-0.15, -0.1) is 0 Å². The SMILES string of the molecule is CCC(=O)C1CCC(NC(=O)CCOCCOCCOCCOC)CC1. The first-order chi connectivity index (χ1) is 12.7. The van der Waals surface area contributed by atoms with E-state index < -0.39 is 0 Å². The maximum Gasteiger partial charge on any atom is 0.222 e. The van der Waals surface area contributed by atoms with Crippen LogP contribution in [0, 0.1) is 5.92 Å². The van der Waals surface area contributed by atoms with E-state index in [0.717, 1.165) is 25.7 Å². The van der Waals surface area contributed by atoms with Gasteiger partial charge in [0.05, 0.1) is 46.2 Å². The predicted molar refractivity (Wildman–Crippen MR) is 98.1 cm³/mol. The molecule has 0 saturated heterocycles. The molecule has 1 fully saturated rings. The molecule has 0 aromatic carbocycles. The van der Waals surface area contributed by atoms with Crippen LogP contribution in [0.15, 0.2) is 0 Å². The minimum Gasteiger partial charge on any atom is -0.382 e. The summed E-state index contributed by atoms with van der Waals surface area (Å²) >= 11 is 0. The van der Waals surface area contributed by atoms with Gasteiger partial charge in [0.25, 0.3) is 0 Å². The number of nitrogens with one attached hydrogen (secondary N) is 1. The van der Waals surface area contributed by atoms with E-state index in [2.05, 4.69) is 5.32 Å². The smallest absolute Gasteiger partial charge is 0.222 e. The van der Waals surface area contributed by atoms with Gasteiger partial charge in [0.1, 0.15) is 5.78 Å². The van der Waals surface area contributed by atoms with Crippen LogP contribution in [-0.2, 0) is 28.5 Å². The van der Waals surface area contributed by atoms with Gasteiger partial charge >= 0.3 is 0 Å². The number of Topliss-reactive ketones (excluding diaryl/α,β-unsaturated/α-hetero) is 1. The summed E-state index contributed by atoms with van der Waals surface area (Å²) in [6, 6.07) is 0.199. The molecule has 0 spiro atoms. The minimum absolute atomic E-state index is 0.0164. The summed E-state index contributed by atoms with van der Waals surface area (Å²) in [7, 11) is 1.64. The van der Waals surface area contributed by atoms with Gasteiger partial charge in [0, 0.05) is 31.9 Å². The minimum atomic E-state index is 0.0164. The highest BCUT2D eigenvalue weighted by Crippen LogP contribution is 2.25. The van der Waals surface area contributed by atoms with Crippen LogP contribution in [-0.4, -0.2) is 71.1 Å². The van der Waals surface area contributed by atoms with Crippen LogP contribution in [0.5, 0.6) is 0 Å². The number of methoxy groups -OCH3 is 1. The standard InChI is InChI=1S/C19H35NO6/c1-3-18(21)16-4-6-17(7-5-16)20-19(22)8-9-24-12-13-26-15-14-25-11-10-23-2/h16-17H,3-15H2,1-2H3,(H,20,22). The zero-order chi connectivity index (χ0) is 19.0. The molecule has 7 nitrogen and oxygen atoms in total. The highest BCUT2D eigenvalue weighted by molar-refractivity contribution is 5.80. The third kappa shape index (κ3) is 10.9. The molecule has 0 bridgehead atoms. The maximum absolute atomic E-state index is 11.9. The summed E-state index contributed by atoms with van der Waals surface area (Å²) in [6.07, 6.45) is 4.53. The first-order valence-electron chi connectivity index (χ1n) is 9.71. The Morgan fingerprint density at radius 1 is 0.846 bits per heavy atom. The second kappa shape index (κ2) is 15.1. The highest BCUT2D eigenvalue weighted by atomic mass is 16.6. The van der Waals surface area contributed by atoms with E-state index in [4.69, 9.17) is 18.9 Å². The van der Waals surface area contributed by atoms with Gasteiger partial charge in [-0.3, -0.25) is 9.59 Å². The average Bonchev–Trinajstić information content (AvgIpc) is 2.66. The highest BCUT2D eigenvalue weighted by Gasteiger charge is 2.25. The third-order valence-electron chi connectivity index (χ3n) is 4.55. The normalized spacial score (nSPS) is 20.1. The Kier molecular flexibility index (Phi) is 13.4. The van der Waals surface area contributed by atoms with Crippen molar-refractivity contribution in [1.82, 2.24) is 5.32 Å². The summed E-state index contributed by atoms with van der Waals surface area (Å²) in [6.45, 7) is 5.49. The van der Waals surface area contributed by atoms with E-state index in [9.17, 15) is 9.59 Å². The number of rotatable bonds is 15. The van der Waals surface area contributed by atoms with Crippen molar-refractivity contribution in [3.05, 3.63) is 0 Å². The molecule has 0 radical (unpaired) electrons. The Labute approximate surface area is 157 Å². The van der Waals surface area contributed by atoms with Crippen LogP contribution in [0.4, 0.5) is 0 Å². The van der Waals surface area contributed by atoms with Gasteiger partial charge in [-0.2, -0.15) is 0 Å². The maximum atomic E-state index is 11.9. The van der Waals surface area contributed by atoms with Gasteiger partial charge in [-0.25, -0.2) is 0 Å². The molecule has 1 saturated carbocycles. The molecule has 1 amide bonds. The summed E-state index contributed by atoms with van der Waals surface area (Å²) in [5, 5.41) is 3.04. The molecule has 26 heavy (non-hydrogen) atoms. The molecule has 1 rings (SSSR count). The number of hydrogen-bond acceptors (Lipinski definition) is 6. The fourth-order valence-electron chi connectivity index (χ4n) is 3.00. The lowest BCUT2D eigenvalue weighted by molar-refractivity contribution is -0.124. The van der Waals surface area contributed by atoms with Crippen LogP contribution in [0.3, 0.4) is 0 Å². The zero-order valence-electron chi connectivity index (χ0n) is 16.3. The zero-order valence-corrected chi connectivity index (χ0v) is 16.3. The van der Waals surface area contributed by atoms with Gasteiger partial charge in [0.2, 0.25) is 5.91 Å². The average molecular weight is 373 g/mol. The van der Waals surface area contributed by atoms with Crippen molar-refractivity contribution < 1.29 is 28.5 Å². The van der Waals surface area contributed by atoms with Crippen LogP contribution in [0.2, 0.25) is 0 Å². The monoisotopic (exact) mass is 373 g/mol. The van der Waals surface area contributed by atoms with E-state index >= 15 is 0 Å². The number of ketones is 1. The van der Waals surface area contributed by atoms with Crippen LogP contribution in [0.25, 0.3) is 0 Å². The molecule has 0 aromatic rings. The van der Waals surface area contributed by atoms with Gasteiger partial charge < -0.3 is 24.3 Å². The number of carbonyl (C=O) groups excluding carboxylic acids is 2.